The molecule has 136 valence electrons. The fourth-order valence-corrected chi connectivity index (χ4v) is 2.77. The van der Waals surface area contributed by atoms with E-state index in [4.69, 9.17) is 4.74 Å². The van der Waals surface area contributed by atoms with Crippen molar-refractivity contribution in [2.24, 2.45) is 5.10 Å². The van der Waals surface area contributed by atoms with E-state index in [2.05, 4.69) is 10.5 Å². The fourth-order valence-electron chi connectivity index (χ4n) is 2.17. The number of nitrogens with one attached hydrogen (secondary N) is 1. The minimum atomic E-state index is -0.599. The van der Waals surface area contributed by atoms with Gasteiger partial charge < -0.3 is 14.9 Å². The summed E-state index contributed by atoms with van der Waals surface area (Å²) in [4.78, 5) is 24.4. The van der Waals surface area contributed by atoms with E-state index in [0.29, 0.717) is 16.2 Å². The van der Waals surface area contributed by atoms with Crippen LogP contribution in [0.1, 0.15) is 25.6 Å². The number of carbonyl (C=O) groups excluding carboxylic acids is 2. The predicted octanol–water partition coefficient (Wildman–Crippen LogP) is 3.14. The van der Waals surface area contributed by atoms with Crippen LogP contribution in [0, 0.1) is 0 Å². The molecule has 0 unspecified atom stereocenters. The molecule has 1 heterocycles. The van der Waals surface area contributed by atoms with Crippen LogP contribution in [0.25, 0.3) is 0 Å². The van der Waals surface area contributed by atoms with Gasteiger partial charge in [0, 0.05) is 11.6 Å². The van der Waals surface area contributed by atoms with Crippen LogP contribution in [0.3, 0.4) is 0 Å². The molecule has 2 aromatic carbocycles. The minimum Gasteiger partial charge on any atom is -0.508 e. The molecule has 1 aromatic heterocycles. The Bertz CT molecular complexity index is 979. The SMILES string of the molecule is O=C(N/N=C/c1cccc(OC(=O)c2cccs2)c1)c1cc(O)cc(O)c1. The molecule has 0 bridgehead atoms. The summed E-state index contributed by atoms with van der Waals surface area (Å²) < 4.78 is 5.29. The summed E-state index contributed by atoms with van der Waals surface area (Å²) in [5.41, 5.74) is 2.95. The second-order valence-corrected chi connectivity index (χ2v) is 6.32. The highest BCUT2D eigenvalue weighted by Gasteiger charge is 2.10. The minimum absolute atomic E-state index is 0.0586. The zero-order chi connectivity index (χ0) is 19.2. The Balaban J connectivity index is 1.63. The van der Waals surface area contributed by atoms with E-state index in [1.807, 2.05) is 0 Å². The van der Waals surface area contributed by atoms with Crippen molar-refractivity contribution in [3.05, 3.63) is 76.0 Å². The molecular weight excluding hydrogens is 368 g/mol. The Kier molecular flexibility index (Phi) is 5.48. The smallest absolute Gasteiger partial charge is 0.353 e. The second kappa shape index (κ2) is 8.15. The second-order valence-electron chi connectivity index (χ2n) is 5.38. The summed E-state index contributed by atoms with van der Waals surface area (Å²) in [5, 5.41) is 24.4. The maximum Gasteiger partial charge on any atom is 0.353 e. The molecule has 0 fully saturated rings. The van der Waals surface area contributed by atoms with E-state index in [0.717, 1.165) is 6.07 Å². The van der Waals surface area contributed by atoms with E-state index < -0.39 is 11.9 Å². The quantitative estimate of drug-likeness (QED) is 0.272. The highest BCUT2D eigenvalue weighted by atomic mass is 32.1. The van der Waals surface area contributed by atoms with Crippen LogP contribution in [-0.4, -0.2) is 28.3 Å². The molecule has 7 nitrogen and oxygen atoms in total. The molecule has 0 saturated carbocycles. The molecule has 0 saturated heterocycles. The van der Waals surface area contributed by atoms with Gasteiger partial charge in [-0.1, -0.05) is 18.2 Å². The fraction of sp³-hybridized carbons (Fsp3) is 0. The topological polar surface area (TPSA) is 108 Å². The van der Waals surface area contributed by atoms with Crippen LogP contribution >= 0.6 is 11.3 Å². The number of amides is 1. The number of rotatable bonds is 5. The third kappa shape index (κ3) is 4.93. The van der Waals surface area contributed by atoms with Crippen molar-refractivity contribution in [1.29, 1.82) is 0 Å². The van der Waals surface area contributed by atoms with Gasteiger partial charge in [0.2, 0.25) is 0 Å². The number of thiophene rings is 1. The third-order valence-electron chi connectivity index (χ3n) is 3.34. The van der Waals surface area contributed by atoms with Crippen molar-refractivity contribution in [2.75, 3.05) is 0 Å². The molecule has 3 N–H and O–H groups in total. The van der Waals surface area contributed by atoms with E-state index in [-0.39, 0.29) is 17.1 Å². The lowest BCUT2D eigenvalue weighted by molar-refractivity contribution is 0.0739. The number of hydrogen-bond donors (Lipinski definition) is 3. The summed E-state index contributed by atoms with van der Waals surface area (Å²) in [6, 6.07) is 13.6. The highest BCUT2D eigenvalue weighted by molar-refractivity contribution is 7.12. The number of aromatic hydroxyl groups is 2. The van der Waals surface area contributed by atoms with Crippen LogP contribution in [0.2, 0.25) is 0 Å². The maximum atomic E-state index is 12.0. The first kappa shape index (κ1) is 18.2. The Labute approximate surface area is 158 Å². The van der Waals surface area contributed by atoms with Crippen molar-refractivity contribution in [1.82, 2.24) is 5.43 Å². The van der Waals surface area contributed by atoms with Gasteiger partial charge in [-0.2, -0.15) is 5.10 Å². The number of ether oxygens (including phenoxy) is 1. The molecule has 3 rings (SSSR count). The molecule has 27 heavy (non-hydrogen) atoms. The summed E-state index contributed by atoms with van der Waals surface area (Å²) in [5.74, 6) is -1.16. The lowest BCUT2D eigenvalue weighted by Gasteiger charge is -2.04. The Morgan fingerprint density at radius 3 is 2.52 bits per heavy atom. The third-order valence-corrected chi connectivity index (χ3v) is 4.19. The average molecular weight is 382 g/mol. The van der Waals surface area contributed by atoms with Gasteiger partial charge in [-0.25, -0.2) is 10.2 Å². The molecule has 8 heteroatoms. The van der Waals surface area contributed by atoms with Gasteiger partial charge in [-0.15, -0.1) is 11.3 Å². The van der Waals surface area contributed by atoms with E-state index in [1.165, 1.54) is 29.7 Å². The van der Waals surface area contributed by atoms with Crippen LogP contribution in [-0.2, 0) is 0 Å². The normalized spacial score (nSPS) is 10.7. The van der Waals surface area contributed by atoms with E-state index in [1.54, 1.807) is 41.8 Å². The zero-order valence-electron chi connectivity index (χ0n) is 13.8. The van der Waals surface area contributed by atoms with Crippen LogP contribution in [0.4, 0.5) is 0 Å². The number of hydrazone groups is 1. The highest BCUT2D eigenvalue weighted by Crippen LogP contribution is 2.20. The number of phenolic OH excluding ortho intramolecular Hbond substituents is 2. The monoisotopic (exact) mass is 382 g/mol. The van der Waals surface area contributed by atoms with Crippen molar-refractivity contribution < 1.29 is 24.5 Å². The first-order valence-corrected chi connectivity index (χ1v) is 8.61. The van der Waals surface area contributed by atoms with E-state index >= 15 is 0 Å². The summed E-state index contributed by atoms with van der Waals surface area (Å²) in [6.45, 7) is 0. The number of hydrogen-bond acceptors (Lipinski definition) is 7. The summed E-state index contributed by atoms with van der Waals surface area (Å²) in [7, 11) is 0. The van der Waals surface area contributed by atoms with Crippen molar-refractivity contribution >= 4 is 29.4 Å². The molecule has 0 aliphatic carbocycles. The van der Waals surface area contributed by atoms with Crippen molar-refractivity contribution in [2.45, 2.75) is 0 Å². The van der Waals surface area contributed by atoms with Crippen molar-refractivity contribution in [3.8, 4) is 17.2 Å². The first-order chi connectivity index (χ1) is 13.0. The van der Waals surface area contributed by atoms with Crippen molar-refractivity contribution in [3.63, 3.8) is 0 Å². The zero-order valence-corrected chi connectivity index (χ0v) is 14.6. The molecule has 3 aromatic rings. The lowest BCUT2D eigenvalue weighted by atomic mass is 10.2. The number of esters is 1. The Morgan fingerprint density at radius 2 is 1.81 bits per heavy atom. The molecule has 0 radical (unpaired) electrons. The van der Waals surface area contributed by atoms with Gasteiger partial charge in [-0.3, -0.25) is 4.79 Å². The maximum absolute atomic E-state index is 12.0. The van der Waals surface area contributed by atoms with Gasteiger partial charge in [0.1, 0.15) is 22.1 Å². The Hall–Kier alpha value is -3.65. The standard InChI is InChI=1S/C19H14N2O5S/c22-14-8-13(9-15(23)10-14)18(24)21-20-11-12-3-1-4-16(7-12)26-19(25)17-5-2-6-27-17/h1-11,22-23H,(H,21,24)/b20-11+. The van der Waals surface area contributed by atoms with Gasteiger partial charge in [0.25, 0.3) is 5.91 Å². The van der Waals surface area contributed by atoms with E-state index in [9.17, 15) is 19.8 Å². The average Bonchev–Trinajstić information content (AvgIpc) is 3.16. The molecule has 0 atom stereocenters. The predicted molar refractivity (Wildman–Crippen MR) is 101 cm³/mol. The number of benzene rings is 2. The van der Waals surface area contributed by atoms with Gasteiger partial charge >= 0.3 is 5.97 Å². The van der Waals surface area contributed by atoms with Crippen LogP contribution < -0.4 is 10.2 Å². The lowest BCUT2D eigenvalue weighted by Crippen LogP contribution is -2.17. The van der Waals surface area contributed by atoms with Crippen LogP contribution in [0.5, 0.6) is 17.2 Å². The van der Waals surface area contributed by atoms with Gasteiger partial charge in [0.15, 0.2) is 0 Å². The van der Waals surface area contributed by atoms with Crippen LogP contribution in [0.15, 0.2) is 65.1 Å². The summed E-state index contributed by atoms with van der Waals surface area (Å²) in [6.07, 6.45) is 1.38. The number of carbonyl (C=O) groups is 2. The number of nitrogens with zero attached hydrogens (tertiary/aromatic N) is 1. The molecule has 0 aliphatic heterocycles. The molecular formula is C19H14N2O5S. The largest absolute Gasteiger partial charge is 0.508 e. The number of phenols is 2. The molecule has 0 spiro atoms. The summed E-state index contributed by atoms with van der Waals surface area (Å²) >= 11 is 1.29. The first-order valence-electron chi connectivity index (χ1n) is 7.73. The Morgan fingerprint density at radius 1 is 1.04 bits per heavy atom. The van der Waals surface area contributed by atoms with Gasteiger partial charge in [-0.05, 0) is 41.3 Å². The molecule has 0 aliphatic rings. The molecule has 1 amide bonds. The van der Waals surface area contributed by atoms with Gasteiger partial charge in [0.05, 0.1) is 6.21 Å².